The number of para-hydroxylation sites is 1. The lowest BCUT2D eigenvalue weighted by atomic mass is 10.2. The van der Waals surface area contributed by atoms with Gasteiger partial charge in [-0.15, -0.1) is 0 Å². The summed E-state index contributed by atoms with van der Waals surface area (Å²) in [5.41, 5.74) is 5.11. The number of benzene rings is 1. The Morgan fingerprint density at radius 1 is 1.50 bits per heavy atom. The molecule has 1 fully saturated rings. The fourth-order valence-corrected chi connectivity index (χ4v) is 3.99. The molecular weight excluding hydrogens is 259 g/mol. The van der Waals surface area contributed by atoms with Gasteiger partial charge in [-0.05, 0) is 25.0 Å². The summed E-state index contributed by atoms with van der Waals surface area (Å²) in [6.07, 6.45) is 1.28. The van der Waals surface area contributed by atoms with Gasteiger partial charge in [-0.3, -0.25) is 0 Å². The van der Waals surface area contributed by atoms with Crippen LogP contribution in [0.25, 0.3) is 0 Å². The van der Waals surface area contributed by atoms with Gasteiger partial charge in [0.25, 0.3) is 0 Å². The van der Waals surface area contributed by atoms with E-state index >= 15 is 0 Å². The summed E-state index contributed by atoms with van der Waals surface area (Å²) < 4.78 is 39.2. The third-order valence-electron chi connectivity index (χ3n) is 3.13. The lowest BCUT2D eigenvalue weighted by Gasteiger charge is -2.23. The fourth-order valence-electron chi connectivity index (χ4n) is 2.18. The first-order valence-corrected chi connectivity index (χ1v) is 7.09. The Morgan fingerprint density at radius 2 is 2.22 bits per heavy atom. The maximum absolute atomic E-state index is 13.3. The summed E-state index contributed by atoms with van der Waals surface area (Å²) in [4.78, 5) is -0.233. The van der Waals surface area contributed by atoms with E-state index in [9.17, 15) is 12.8 Å². The lowest BCUT2D eigenvalue weighted by Crippen LogP contribution is -2.37. The summed E-state index contributed by atoms with van der Waals surface area (Å²) in [6, 6.07) is 3.25. The Bertz CT molecular complexity index is 547. The van der Waals surface area contributed by atoms with Crippen molar-refractivity contribution < 1.29 is 17.9 Å². The van der Waals surface area contributed by atoms with Crippen molar-refractivity contribution >= 4 is 15.7 Å². The molecule has 0 radical (unpaired) electrons. The molecule has 0 spiro atoms. The summed E-state index contributed by atoms with van der Waals surface area (Å²) in [7, 11) is -3.84. The standard InChI is InChI=1S/C11H15FN2O3S/c12-9-4-1-5-10(11(9)13)18(16,17)14-6-2-3-8(14)7-15/h1,4-5,8,15H,2-3,6-7,13H2. The van der Waals surface area contributed by atoms with Gasteiger partial charge >= 0.3 is 0 Å². The molecule has 5 nitrogen and oxygen atoms in total. The van der Waals surface area contributed by atoms with E-state index in [2.05, 4.69) is 0 Å². The molecule has 7 heteroatoms. The van der Waals surface area contributed by atoms with E-state index in [1.165, 1.54) is 16.4 Å². The van der Waals surface area contributed by atoms with E-state index in [4.69, 9.17) is 10.8 Å². The second-order valence-electron chi connectivity index (χ2n) is 4.25. The number of aliphatic hydroxyl groups is 1. The molecule has 0 amide bonds. The first kappa shape index (κ1) is 13.3. The van der Waals surface area contributed by atoms with Crippen molar-refractivity contribution in [1.29, 1.82) is 0 Å². The van der Waals surface area contributed by atoms with E-state index in [1.54, 1.807) is 0 Å². The van der Waals surface area contributed by atoms with Crippen molar-refractivity contribution in [1.82, 2.24) is 4.31 Å². The number of nitrogen functional groups attached to an aromatic ring is 1. The number of hydrogen-bond donors (Lipinski definition) is 2. The predicted octanol–water partition coefficient (Wildman–Crippen LogP) is 0.553. The van der Waals surface area contributed by atoms with E-state index in [1.807, 2.05) is 0 Å². The molecule has 1 atom stereocenters. The number of rotatable bonds is 3. The van der Waals surface area contributed by atoms with Gasteiger partial charge < -0.3 is 10.8 Å². The first-order chi connectivity index (χ1) is 8.48. The van der Waals surface area contributed by atoms with Crippen molar-refractivity contribution in [3.63, 3.8) is 0 Å². The molecule has 1 aliphatic heterocycles. The largest absolute Gasteiger partial charge is 0.395 e. The van der Waals surface area contributed by atoms with Crippen LogP contribution in [-0.4, -0.2) is 37.0 Å². The van der Waals surface area contributed by atoms with Crippen LogP contribution < -0.4 is 5.73 Å². The maximum atomic E-state index is 13.3. The van der Waals surface area contributed by atoms with Crippen LogP contribution in [-0.2, 0) is 10.0 Å². The summed E-state index contributed by atoms with van der Waals surface area (Å²) in [5.74, 6) is -0.754. The van der Waals surface area contributed by atoms with Crippen molar-refractivity contribution in [2.45, 2.75) is 23.8 Å². The highest BCUT2D eigenvalue weighted by molar-refractivity contribution is 7.89. The zero-order valence-electron chi connectivity index (χ0n) is 9.71. The van der Waals surface area contributed by atoms with Gasteiger partial charge in [0.15, 0.2) is 0 Å². The molecule has 1 saturated heterocycles. The first-order valence-electron chi connectivity index (χ1n) is 5.65. The van der Waals surface area contributed by atoms with E-state index in [-0.39, 0.29) is 17.2 Å². The average molecular weight is 274 g/mol. The number of nitrogens with zero attached hydrogens (tertiary/aromatic N) is 1. The van der Waals surface area contributed by atoms with Crippen molar-refractivity contribution in [3.8, 4) is 0 Å². The van der Waals surface area contributed by atoms with Gasteiger partial charge in [0.2, 0.25) is 10.0 Å². The third kappa shape index (κ3) is 2.09. The van der Waals surface area contributed by atoms with Gasteiger partial charge in [0.05, 0.1) is 12.3 Å². The third-order valence-corrected chi connectivity index (χ3v) is 5.14. The van der Waals surface area contributed by atoms with Crippen LogP contribution in [0.3, 0.4) is 0 Å². The summed E-state index contributed by atoms with van der Waals surface area (Å²) in [5, 5.41) is 9.16. The second kappa shape index (κ2) is 4.83. The minimum Gasteiger partial charge on any atom is -0.395 e. The Hall–Kier alpha value is -1.18. The average Bonchev–Trinajstić information content (AvgIpc) is 2.81. The number of halogens is 1. The highest BCUT2D eigenvalue weighted by Crippen LogP contribution is 2.29. The van der Waals surface area contributed by atoms with Gasteiger partial charge in [-0.25, -0.2) is 12.8 Å². The zero-order valence-corrected chi connectivity index (χ0v) is 10.5. The molecule has 3 N–H and O–H groups in total. The van der Waals surface area contributed by atoms with Crippen molar-refractivity contribution in [2.75, 3.05) is 18.9 Å². The second-order valence-corrected chi connectivity index (χ2v) is 6.11. The fraction of sp³-hybridized carbons (Fsp3) is 0.455. The van der Waals surface area contributed by atoms with Gasteiger partial charge in [0.1, 0.15) is 10.7 Å². The van der Waals surface area contributed by atoms with Crippen LogP contribution in [0.2, 0.25) is 0 Å². The maximum Gasteiger partial charge on any atom is 0.245 e. The monoisotopic (exact) mass is 274 g/mol. The van der Waals surface area contributed by atoms with Crippen LogP contribution in [0.4, 0.5) is 10.1 Å². The van der Waals surface area contributed by atoms with Gasteiger partial charge in [-0.1, -0.05) is 6.07 Å². The number of aliphatic hydroxyl groups excluding tert-OH is 1. The summed E-state index contributed by atoms with van der Waals surface area (Å²) in [6.45, 7) is 0.0813. The minimum atomic E-state index is -3.84. The lowest BCUT2D eigenvalue weighted by molar-refractivity contribution is 0.213. The van der Waals surface area contributed by atoms with Crippen LogP contribution in [0.1, 0.15) is 12.8 Å². The zero-order chi connectivity index (χ0) is 13.3. The Morgan fingerprint density at radius 3 is 2.89 bits per heavy atom. The quantitative estimate of drug-likeness (QED) is 0.789. The molecular formula is C11H15FN2O3S. The molecule has 18 heavy (non-hydrogen) atoms. The smallest absolute Gasteiger partial charge is 0.245 e. The highest BCUT2D eigenvalue weighted by atomic mass is 32.2. The van der Waals surface area contributed by atoms with Crippen LogP contribution in [0.15, 0.2) is 23.1 Å². The molecule has 1 heterocycles. The molecule has 2 rings (SSSR count). The molecule has 0 bridgehead atoms. The van der Waals surface area contributed by atoms with Crippen LogP contribution in [0.5, 0.6) is 0 Å². The van der Waals surface area contributed by atoms with Gasteiger partial charge in [0, 0.05) is 12.6 Å². The molecule has 1 unspecified atom stereocenters. The molecule has 0 aliphatic carbocycles. The molecule has 0 aromatic heterocycles. The Labute approximate surface area is 105 Å². The Balaban J connectivity index is 2.45. The molecule has 1 aromatic rings. The van der Waals surface area contributed by atoms with E-state index in [0.29, 0.717) is 19.4 Å². The number of hydrogen-bond acceptors (Lipinski definition) is 4. The normalized spacial score (nSPS) is 21.3. The molecule has 1 aromatic carbocycles. The van der Waals surface area contributed by atoms with Crippen molar-refractivity contribution in [3.05, 3.63) is 24.0 Å². The summed E-state index contributed by atoms with van der Waals surface area (Å²) >= 11 is 0. The van der Waals surface area contributed by atoms with E-state index in [0.717, 1.165) is 6.07 Å². The Kier molecular flexibility index (Phi) is 3.56. The molecule has 100 valence electrons. The number of sulfonamides is 1. The van der Waals surface area contributed by atoms with Gasteiger partial charge in [-0.2, -0.15) is 4.31 Å². The SMILES string of the molecule is Nc1c(F)cccc1S(=O)(=O)N1CCCC1CO. The van der Waals surface area contributed by atoms with E-state index < -0.39 is 21.9 Å². The van der Waals surface area contributed by atoms with Crippen LogP contribution >= 0.6 is 0 Å². The molecule has 0 saturated carbocycles. The minimum absolute atomic E-state index is 0.233. The predicted molar refractivity (Wildman–Crippen MR) is 64.8 cm³/mol. The van der Waals surface area contributed by atoms with Crippen molar-refractivity contribution in [2.24, 2.45) is 0 Å². The van der Waals surface area contributed by atoms with Crippen LogP contribution in [0, 0.1) is 5.82 Å². The molecule has 1 aliphatic rings. The number of nitrogens with two attached hydrogens (primary N) is 1. The highest BCUT2D eigenvalue weighted by Gasteiger charge is 2.36. The topological polar surface area (TPSA) is 83.6 Å². The number of anilines is 1.